The fourth-order valence-corrected chi connectivity index (χ4v) is 5.03. The Bertz CT molecular complexity index is 1570. The van der Waals surface area contributed by atoms with E-state index in [1.165, 1.54) is 12.1 Å². The van der Waals surface area contributed by atoms with Crippen LogP contribution in [-0.4, -0.2) is 29.1 Å². The summed E-state index contributed by atoms with van der Waals surface area (Å²) in [4.78, 5) is 30.4. The number of nitrogens with one attached hydrogen (secondary N) is 1. The minimum atomic E-state index is -4.46. The molecule has 1 amide bonds. The number of carbonyl (C=O) groups excluding carboxylic acids is 2. The number of rotatable bonds is 11. The molecule has 0 radical (unpaired) electrons. The molecule has 0 spiro atoms. The summed E-state index contributed by atoms with van der Waals surface area (Å²) in [5, 5.41) is 3.29. The largest absolute Gasteiger partial charge is 0.487 e. The predicted molar refractivity (Wildman–Crippen MR) is 157 cm³/mol. The fourth-order valence-electron chi connectivity index (χ4n) is 4.04. The Morgan fingerprint density at radius 1 is 0.977 bits per heavy atom. The van der Waals surface area contributed by atoms with Gasteiger partial charge in [-0.15, -0.1) is 11.3 Å². The summed E-state index contributed by atoms with van der Waals surface area (Å²) < 4.78 is 56.0. The van der Waals surface area contributed by atoms with Gasteiger partial charge in [0, 0.05) is 12.1 Å². The summed E-state index contributed by atoms with van der Waals surface area (Å²) in [6, 6.07) is 19.0. The first-order valence-electron chi connectivity index (χ1n) is 13.5. The van der Waals surface area contributed by atoms with Crippen molar-refractivity contribution >= 4 is 23.2 Å². The van der Waals surface area contributed by atoms with Crippen LogP contribution in [0.2, 0.25) is 0 Å². The molecule has 43 heavy (non-hydrogen) atoms. The van der Waals surface area contributed by atoms with Gasteiger partial charge in [0.25, 0.3) is 5.91 Å². The van der Waals surface area contributed by atoms with Crippen LogP contribution in [0.1, 0.15) is 52.8 Å². The van der Waals surface area contributed by atoms with Crippen molar-refractivity contribution in [1.82, 2.24) is 10.3 Å². The zero-order valence-corrected chi connectivity index (χ0v) is 24.9. The van der Waals surface area contributed by atoms with Crippen LogP contribution >= 0.6 is 11.3 Å². The third-order valence-corrected chi connectivity index (χ3v) is 7.45. The molecule has 0 aliphatic rings. The van der Waals surface area contributed by atoms with Crippen molar-refractivity contribution in [2.24, 2.45) is 0 Å². The molecule has 1 aromatic heterocycles. The lowest BCUT2D eigenvalue weighted by Gasteiger charge is -2.25. The lowest BCUT2D eigenvalue weighted by molar-refractivity contribution is -0.158. The number of esters is 1. The van der Waals surface area contributed by atoms with Crippen LogP contribution in [-0.2, 0) is 28.9 Å². The van der Waals surface area contributed by atoms with Crippen molar-refractivity contribution in [3.05, 3.63) is 100 Å². The maximum atomic E-state index is 13.3. The standard InChI is InChI=1S/C32H31F3N2O5S/c1-5-40-30(39)31(3,4)42-26-16-11-21(17-20(26)2)18-36-28(38)27-25(19-41-24-9-7-6-8-10-24)37-29(43-27)22-12-14-23(15-13-22)32(33,34)35/h6-17H,5,18-19H2,1-4H3,(H,36,38). The van der Waals surface area contributed by atoms with E-state index >= 15 is 0 Å². The molecule has 1 N–H and O–H groups in total. The van der Waals surface area contributed by atoms with Gasteiger partial charge in [-0.2, -0.15) is 13.2 Å². The van der Waals surface area contributed by atoms with E-state index in [1.807, 2.05) is 31.2 Å². The highest BCUT2D eigenvalue weighted by Crippen LogP contribution is 2.33. The Balaban J connectivity index is 1.51. The van der Waals surface area contributed by atoms with Crippen LogP contribution in [0.15, 0.2) is 72.8 Å². The summed E-state index contributed by atoms with van der Waals surface area (Å²) >= 11 is 1.07. The Kier molecular flexibility index (Phi) is 9.75. The second-order valence-electron chi connectivity index (χ2n) is 10.1. The van der Waals surface area contributed by atoms with Gasteiger partial charge in [0.2, 0.25) is 0 Å². The lowest BCUT2D eigenvalue weighted by atomic mass is 10.1. The minimum Gasteiger partial charge on any atom is -0.487 e. The van der Waals surface area contributed by atoms with E-state index in [2.05, 4.69) is 10.3 Å². The van der Waals surface area contributed by atoms with Crippen molar-refractivity contribution < 1.29 is 37.0 Å². The Morgan fingerprint density at radius 3 is 2.30 bits per heavy atom. The molecule has 0 atom stereocenters. The second-order valence-corrected chi connectivity index (χ2v) is 11.1. The van der Waals surface area contributed by atoms with Gasteiger partial charge in [-0.3, -0.25) is 4.79 Å². The van der Waals surface area contributed by atoms with Crippen LogP contribution in [0.3, 0.4) is 0 Å². The van der Waals surface area contributed by atoms with Gasteiger partial charge in [-0.1, -0.05) is 42.5 Å². The molecule has 0 saturated carbocycles. The third kappa shape index (κ3) is 8.13. The summed E-state index contributed by atoms with van der Waals surface area (Å²) in [5.41, 5.74) is 0.433. The predicted octanol–water partition coefficient (Wildman–Crippen LogP) is 7.37. The molecule has 4 aromatic rings. The van der Waals surface area contributed by atoms with Crippen molar-refractivity contribution in [1.29, 1.82) is 0 Å². The number of carbonyl (C=O) groups is 2. The molecule has 0 unspecified atom stereocenters. The van der Waals surface area contributed by atoms with E-state index < -0.39 is 29.2 Å². The molecule has 0 fully saturated rings. The summed E-state index contributed by atoms with van der Waals surface area (Å²) in [6.07, 6.45) is -4.46. The van der Waals surface area contributed by atoms with E-state index in [-0.39, 0.29) is 19.8 Å². The van der Waals surface area contributed by atoms with Crippen molar-refractivity contribution in [2.75, 3.05) is 6.61 Å². The number of benzene rings is 3. The zero-order chi connectivity index (χ0) is 31.2. The van der Waals surface area contributed by atoms with Crippen molar-refractivity contribution in [3.8, 4) is 22.1 Å². The van der Waals surface area contributed by atoms with Crippen molar-refractivity contribution in [2.45, 2.75) is 52.6 Å². The van der Waals surface area contributed by atoms with Crippen LogP contribution in [0, 0.1) is 6.92 Å². The monoisotopic (exact) mass is 612 g/mol. The van der Waals surface area contributed by atoms with Gasteiger partial charge in [-0.25, -0.2) is 9.78 Å². The molecule has 4 rings (SSSR count). The third-order valence-electron chi connectivity index (χ3n) is 6.31. The molecular weight excluding hydrogens is 581 g/mol. The molecule has 11 heteroatoms. The van der Waals surface area contributed by atoms with Crippen LogP contribution in [0.4, 0.5) is 13.2 Å². The first kappa shape index (κ1) is 31.6. The van der Waals surface area contributed by atoms with E-state index in [1.54, 1.807) is 45.0 Å². The highest BCUT2D eigenvalue weighted by molar-refractivity contribution is 7.17. The Morgan fingerprint density at radius 2 is 1.67 bits per heavy atom. The summed E-state index contributed by atoms with van der Waals surface area (Å²) in [7, 11) is 0. The zero-order valence-electron chi connectivity index (χ0n) is 24.1. The molecular formula is C32H31F3N2O5S. The topological polar surface area (TPSA) is 86.8 Å². The first-order valence-corrected chi connectivity index (χ1v) is 14.3. The van der Waals surface area contributed by atoms with E-state index in [4.69, 9.17) is 14.2 Å². The summed E-state index contributed by atoms with van der Waals surface area (Å²) in [6.45, 7) is 7.25. The number of thiazole rings is 1. The maximum absolute atomic E-state index is 13.3. The summed E-state index contributed by atoms with van der Waals surface area (Å²) in [5.74, 6) is 0.223. The Hall–Kier alpha value is -4.38. The highest BCUT2D eigenvalue weighted by Gasteiger charge is 2.32. The number of halogens is 3. The molecule has 0 aliphatic heterocycles. The molecule has 1 heterocycles. The smallest absolute Gasteiger partial charge is 0.416 e. The van der Waals surface area contributed by atoms with Crippen LogP contribution in [0.5, 0.6) is 11.5 Å². The van der Waals surface area contributed by atoms with Crippen LogP contribution < -0.4 is 14.8 Å². The second kappa shape index (κ2) is 13.3. The van der Waals surface area contributed by atoms with Gasteiger partial charge in [-0.05, 0) is 69.2 Å². The highest BCUT2D eigenvalue weighted by atomic mass is 32.1. The average Bonchev–Trinajstić information content (AvgIpc) is 3.41. The van der Waals surface area contributed by atoms with Gasteiger partial charge >= 0.3 is 12.1 Å². The molecule has 0 saturated heterocycles. The number of hydrogen-bond donors (Lipinski definition) is 1. The number of alkyl halides is 3. The van der Waals surface area contributed by atoms with Crippen molar-refractivity contribution in [3.63, 3.8) is 0 Å². The molecule has 0 aliphatic carbocycles. The van der Waals surface area contributed by atoms with E-state index in [9.17, 15) is 22.8 Å². The number of hydrogen-bond acceptors (Lipinski definition) is 7. The normalized spacial score (nSPS) is 11.6. The minimum absolute atomic E-state index is 0.00863. The number of para-hydroxylation sites is 1. The molecule has 226 valence electrons. The van der Waals surface area contributed by atoms with Gasteiger partial charge in [0.1, 0.15) is 33.7 Å². The fraction of sp³-hybridized carbons (Fsp3) is 0.281. The average molecular weight is 613 g/mol. The number of aryl methyl sites for hydroxylation is 1. The number of nitrogens with zero attached hydrogens (tertiary/aromatic N) is 1. The number of amides is 1. The molecule has 3 aromatic carbocycles. The van der Waals surface area contributed by atoms with Gasteiger partial charge in [0.15, 0.2) is 5.60 Å². The first-order chi connectivity index (χ1) is 20.4. The molecule has 7 nitrogen and oxygen atoms in total. The van der Waals surface area contributed by atoms with E-state index in [0.717, 1.165) is 34.6 Å². The quantitative estimate of drug-likeness (QED) is 0.178. The molecule has 0 bridgehead atoms. The van der Waals surface area contributed by atoms with E-state index in [0.29, 0.717) is 32.6 Å². The van der Waals surface area contributed by atoms with Crippen LogP contribution in [0.25, 0.3) is 10.6 Å². The van der Waals surface area contributed by atoms with Gasteiger partial charge < -0.3 is 19.5 Å². The lowest BCUT2D eigenvalue weighted by Crippen LogP contribution is -2.39. The van der Waals surface area contributed by atoms with Gasteiger partial charge in [0.05, 0.1) is 12.2 Å². The SMILES string of the molecule is CCOC(=O)C(C)(C)Oc1ccc(CNC(=O)c2sc(-c3ccc(C(F)(F)F)cc3)nc2COc2ccccc2)cc1C. The Labute approximate surface area is 251 Å². The maximum Gasteiger partial charge on any atom is 0.416 e. The number of ether oxygens (including phenoxy) is 3. The number of aromatic nitrogens is 1.